The van der Waals surface area contributed by atoms with Crippen LogP contribution in [-0.2, 0) is 16.6 Å². The van der Waals surface area contributed by atoms with Crippen molar-refractivity contribution < 1.29 is 8.60 Å². The summed E-state index contributed by atoms with van der Waals surface area (Å²) in [6.07, 6.45) is 0. The molecule has 2 nitrogen and oxygen atoms in total. The molecule has 2 N–H and O–H groups in total. The molecular formula is C10H13ClFNOS. The standard InChI is InChI=1S/C10H13ClFNOS/c1-7(5-13)15(14)6-8-2-3-9(12)4-10(8)11/h2-4,7H,5-6,13H2,1H3. The molecule has 0 aliphatic rings. The van der Waals surface area contributed by atoms with Gasteiger partial charge in [0.15, 0.2) is 0 Å². The van der Waals surface area contributed by atoms with E-state index < -0.39 is 10.8 Å². The molecule has 0 bridgehead atoms. The average molecular weight is 250 g/mol. The summed E-state index contributed by atoms with van der Waals surface area (Å²) < 4.78 is 24.4. The largest absolute Gasteiger partial charge is 0.329 e. The van der Waals surface area contributed by atoms with Gasteiger partial charge < -0.3 is 5.73 Å². The molecule has 84 valence electrons. The van der Waals surface area contributed by atoms with Gasteiger partial charge in [-0.3, -0.25) is 4.21 Å². The van der Waals surface area contributed by atoms with E-state index in [2.05, 4.69) is 0 Å². The molecule has 0 aromatic heterocycles. The van der Waals surface area contributed by atoms with Crippen LogP contribution in [0.3, 0.4) is 0 Å². The zero-order valence-corrected chi connectivity index (χ0v) is 9.95. The first-order valence-electron chi connectivity index (χ1n) is 4.55. The second-order valence-electron chi connectivity index (χ2n) is 3.31. The Morgan fingerprint density at radius 3 is 2.80 bits per heavy atom. The van der Waals surface area contributed by atoms with Gasteiger partial charge in [-0.2, -0.15) is 0 Å². The van der Waals surface area contributed by atoms with Gasteiger partial charge in [-0.25, -0.2) is 4.39 Å². The molecule has 1 rings (SSSR count). The van der Waals surface area contributed by atoms with E-state index in [1.54, 1.807) is 6.07 Å². The third-order valence-corrected chi connectivity index (χ3v) is 4.13. The molecule has 0 saturated heterocycles. The second-order valence-corrected chi connectivity index (χ2v) is 5.57. The molecule has 0 radical (unpaired) electrons. The fraction of sp³-hybridized carbons (Fsp3) is 0.400. The molecule has 0 aliphatic carbocycles. The van der Waals surface area contributed by atoms with Gasteiger partial charge in [0.25, 0.3) is 0 Å². The predicted octanol–water partition coefficient (Wildman–Crippen LogP) is 2.08. The van der Waals surface area contributed by atoms with E-state index in [9.17, 15) is 8.60 Å². The second kappa shape index (κ2) is 5.58. The Bertz CT molecular complexity index is 372. The molecule has 1 aromatic rings. The minimum Gasteiger partial charge on any atom is -0.329 e. The Morgan fingerprint density at radius 1 is 1.60 bits per heavy atom. The van der Waals surface area contributed by atoms with Crippen LogP contribution in [-0.4, -0.2) is 16.0 Å². The number of hydrogen-bond donors (Lipinski definition) is 1. The molecule has 1 aromatic carbocycles. The van der Waals surface area contributed by atoms with E-state index in [4.69, 9.17) is 17.3 Å². The van der Waals surface area contributed by atoms with Crippen molar-refractivity contribution in [3.05, 3.63) is 34.6 Å². The van der Waals surface area contributed by atoms with Crippen molar-refractivity contribution in [2.75, 3.05) is 6.54 Å². The molecule has 0 aliphatic heterocycles. The Kier molecular flexibility index (Phi) is 4.70. The van der Waals surface area contributed by atoms with E-state index in [1.165, 1.54) is 12.1 Å². The third-order valence-electron chi connectivity index (χ3n) is 2.09. The summed E-state index contributed by atoms with van der Waals surface area (Å²) in [6.45, 7) is 2.18. The lowest BCUT2D eigenvalue weighted by atomic mass is 10.2. The topological polar surface area (TPSA) is 43.1 Å². The lowest BCUT2D eigenvalue weighted by Crippen LogP contribution is -2.22. The lowest BCUT2D eigenvalue weighted by molar-refractivity contribution is 0.627. The minimum atomic E-state index is -1.06. The van der Waals surface area contributed by atoms with Gasteiger partial charge >= 0.3 is 0 Å². The Labute approximate surface area is 96.1 Å². The van der Waals surface area contributed by atoms with Crippen molar-refractivity contribution in [2.24, 2.45) is 5.73 Å². The highest BCUT2D eigenvalue weighted by molar-refractivity contribution is 7.84. The molecule has 2 atom stereocenters. The molecule has 0 amide bonds. The summed E-state index contributed by atoms with van der Waals surface area (Å²) in [7, 11) is -1.06. The summed E-state index contributed by atoms with van der Waals surface area (Å²) in [4.78, 5) is 0. The molecule has 2 unspecified atom stereocenters. The van der Waals surface area contributed by atoms with Crippen LogP contribution in [0.25, 0.3) is 0 Å². The van der Waals surface area contributed by atoms with Crippen LogP contribution in [0, 0.1) is 5.82 Å². The van der Waals surface area contributed by atoms with E-state index in [1.807, 2.05) is 6.92 Å². The van der Waals surface area contributed by atoms with Crippen molar-refractivity contribution in [2.45, 2.75) is 17.9 Å². The summed E-state index contributed by atoms with van der Waals surface area (Å²) in [5, 5.41) is 0.235. The molecule has 5 heteroatoms. The number of halogens is 2. The van der Waals surface area contributed by atoms with E-state index in [-0.39, 0.29) is 11.1 Å². The minimum absolute atomic E-state index is 0.0777. The number of hydrogen-bond acceptors (Lipinski definition) is 2. The monoisotopic (exact) mass is 249 g/mol. The average Bonchev–Trinajstić information content (AvgIpc) is 2.20. The molecule has 0 saturated carbocycles. The quantitative estimate of drug-likeness (QED) is 0.888. The highest BCUT2D eigenvalue weighted by atomic mass is 35.5. The highest BCUT2D eigenvalue weighted by Gasteiger charge is 2.12. The normalized spacial score (nSPS) is 14.9. The van der Waals surface area contributed by atoms with Crippen LogP contribution in [0.5, 0.6) is 0 Å². The Morgan fingerprint density at radius 2 is 2.27 bits per heavy atom. The number of nitrogens with two attached hydrogens (primary N) is 1. The summed E-state index contributed by atoms with van der Waals surface area (Å²) in [5.41, 5.74) is 6.09. The molecular weight excluding hydrogens is 237 g/mol. The van der Waals surface area contributed by atoms with Crippen molar-refractivity contribution in [3.8, 4) is 0 Å². The summed E-state index contributed by atoms with van der Waals surface area (Å²) >= 11 is 5.82. The summed E-state index contributed by atoms with van der Waals surface area (Å²) in [6, 6.07) is 4.09. The Balaban J connectivity index is 2.77. The smallest absolute Gasteiger partial charge is 0.124 e. The van der Waals surface area contributed by atoms with Gasteiger partial charge in [-0.05, 0) is 24.6 Å². The zero-order chi connectivity index (χ0) is 11.4. The Hall–Kier alpha value is -0.450. The van der Waals surface area contributed by atoms with Crippen LogP contribution in [0.15, 0.2) is 18.2 Å². The predicted molar refractivity (Wildman–Crippen MR) is 61.8 cm³/mol. The van der Waals surface area contributed by atoms with Gasteiger partial charge in [-0.1, -0.05) is 17.7 Å². The molecule has 0 heterocycles. The maximum Gasteiger partial charge on any atom is 0.124 e. The first kappa shape index (κ1) is 12.6. The van der Waals surface area contributed by atoms with Crippen molar-refractivity contribution in [1.82, 2.24) is 0 Å². The van der Waals surface area contributed by atoms with Gasteiger partial charge in [0.05, 0.1) is 5.75 Å². The van der Waals surface area contributed by atoms with Crippen molar-refractivity contribution >= 4 is 22.4 Å². The highest BCUT2D eigenvalue weighted by Crippen LogP contribution is 2.19. The lowest BCUT2D eigenvalue weighted by Gasteiger charge is -2.09. The molecule has 0 fully saturated rings. The van der Waals surface area contributed by atoms with Crippen molar-refractivity contribution in [3.63, 3.8) is 0 Å². The first-order chi connectivity index (χ1) is 7.04. The van der Waals surface area contributed by atoms with Gasteiger partial charge in [0.2, 0.25) is 0 Å². The maximum atomic E-state index is 12.7. The van der Waals surface area contributed by atoms with Crippen LogP contribution in [0.4, 0.5) is 4.39 Å². The summed E-state index contributed by atoms with van der Waals surface area (Å²) in [5.74, 6) is -0.0706. The van der Waals surface area contributed by atoms with Crippen LogP contribution in [0.1, 0.15) is 12.5 Å². The number of benzene rings is 1. The fourth-order valence-electron chi connectivity index (χ4n) is 1.04. The van der Waals surface area contributed by atoms with Crippen LogP contribution < -0.4 is 5.73 Å². The maximum absolute atomic E-state index is 12.7. The van der Waals surface area contributed by atoms with Gasteiger partial charge in [0.1, 0.15) is 5.82 Å². The first-order valence-corrected chi connectivity index (χ1v) is 6.31. The van der Waals surface area contributed by atoms with Gasteiger partial charge in [0, 0.05) is 27.6 Å². The van der Waals surface area contributed by atoms with Crippen LogP contribution >= 0.6 is 11.6 Å². The third kappa shape index (κ3) is 3.55. The fourth-order valence-corrected chi connectivity index (χ4v) is 2.41. The molecule has 15 heavy (non-hydrogen) atoms. The van der Waals surface area contributed by atoms with E-state index >= 15 is 0 Å². The zero-order valence-electron chi connectivity index (χ0n) is 8.37. The van der Waals surface area contributed by atoms with E-state index in [0.717, 1.165) is 0 Å². The number of rotatable bonds is 4. The van der Waals surface area contributed by atoms with Crippen LogP contribution in [0.2, 0.25) is 5.02 Å². The molecule has 0 spiro atoms. The van der Waals surface area contributed by atoms with Crippen molar-refractivity contribution in [1.29, 1.82) is 0 Å². The van der Waals surface area contributed by atoms with E-state index in [0.29, 0.717) is 22.9 Å². The SMILES string of the molecule is CC(CN)S(=O)Cc1ccc(F)cc1Cl. The van der Waals surface area contributed by atoms with Gasteiger partial charge in [-0.15, -0.1) is 0 Å².